The molecule has 6 N–H and O–H groups in total. The van der Waals surface area contributed by atoms with Crippen LogP contribution in [0.1, 0.15) is 101 Å². The summed E-state index contributed by atoms with van der Waals surface area (Å²) in [5.41, 5.74) is -3.93. The Labute approximate surface area is 287 Å². The molecule has 50 heavy (non-hydrogen) atoms. The molecule has 0 bridgehead atoms. The molecule has 0 radical (unpaired) electrons. The Morgan fingerprint density at radius 1 is 1.06 bits per heavy atom. The Kier molecular flexibility index (Phi) is 10.0. The Bertz CT molecular complexity index is 1740. The molecule has 268 valence electrons. The zero-order valence-electron chi connectivity index (χ0n) is 27.7. The molecule has 3 aliphatic carbocycles. The van der Waals surface area contributed by atoms with Gasteiger partial charge in [-0.25, -0.2) is 4.79 Å². The van der Waals surface area contributed by atoms with E-state index in [0.717, 1.165) is 25.7 Å². The molecule has 7 atom stereocenters. The van der Waals surface area contributed by atoms with Crippen LogP contribution in [0.2, 0.25) is 0 Å². The van der Waals surface area contributed by atoms with Gasteiger partial charge in [0.15, 0.2) is 17.9 Å². The van der Waals surface area contributed by atoms with E-state index in [0.29, 0.717) is 6.42 Å². The van der Waals surface area contributed by atoms with Crippen LogP contribution in [0.5, 0.6) is 17.2 Å². The second kappa shape index (κ2) is 14.1. The molecule has 2 aromatic carbocycles. The first-order chi connectivity index (χ1) is 23.9. The van der Waals surface area contributed by atoms with E-state index in [1.807, 2.05) is 12.2 Å². The number of amides is 1. The van der Waals surface area contributed by atoms with Gasteiger partial charge in [-0.15, -0.1) is 0 Å². The molecule has 1 fully saturated rings. The fraction of sp³-hybridized carbons (Fsp3) is 0.500. The number of Topliss-reactive ketones (excluding diaryl/α,β-unsaturated/α-hetero) is 1. The van der Waals surface area contributed by atoms with Crippen molar-refractivity contribution in [3.05, 3.63) is 63.7 Å². The first kappa shape index (κ1) is 35.5. The molecule has 0 aromatic heterocycles. The lowest BCUT2D eigenvalue weighted by atomic mass is 9.72. The van der Waals surface area contributed by atoms with E-state index < -0.39 is 108 Å². The van der Waals surface area contributed by atoms with E-state index in [4.69, 9.17) is 18.9 Å². The quantitative estimate of drug-likeness (QED) is 0.155. The maximum absolute atomic E-state index is 13.9. The Morgan fingerprint density at radius 2 is 1.82 bits per heavy atom. The normalized spacial score (nSPS) is 29.1. The highest BCUT2D eigenvalue weighted by atomic mass is 16.7. The summed E-state index contributed by atoms with van der Waals surface area (Å²) in [5.74, 6) is -3.98. The van der Waals surface area contributed by atoms with E-state index in [9.17, 15) is 44.7 Å². The molecule has 2 unspecified atom stereocenters. The maximum Gasteiger partial charge on any atom is 0.408 e. The Morgan fingerprint density at radius 3 is 2.56 bits per heavy atom. The smallest absolute Gasteiger partial charge is 0.408 e. The standard InChI is InChI=1S/C36H41NO13/c1-17-30(40)21(37-35(45)49-18-9-6-4-3-5-7-10-18)13-25(48-17)50-23-15-36(46,24(39)16-38)14-20-27(23)34(44)29-28(32(20)42)31(41)19-11-8-12-22(47-2)26(19)33(29)43/h6,8-9,11-12,17-18,21,23,25,30,38,40,42,44,46H,3-5,7,10,13-16H2,1-2H3,(H,37,45)/t17-,18?,21-,23-,25?,30+,36-/m0/s1. The van der Waals surface area contributed by atoms with Crippen molar-refractivity contribution in [3.8, 4) is 17.2 Å². The second-order valence-corrected chi connectivity index (χ2v) is 13.3. The molecule has 1 amide bonds. The number of aromatic hydroxyl groups is 2. The first-order valence-corrected chi connectivity index (χ1v) is 16.7. The van der Waals surface area contributed by atoms with Gasteiger partial charge in [0.05, 0.1) is 42.0 Å². The molecule has 6 rings (SSSR count). The number of phenolic OH excluding ortho intramolecular Hbond substituents is 2. The minimum atomic E-state index is -2.32. The van der Waals surface area contributed by atoms with Crippen molar-refractivity contribution in [2.24, 2.45) is 0 Å². The van der Waals surface area contributed by atoms with Gasteiger partial charge in [0.2, 0.25) is 5.78 Å². The third-order valence-corrected chi connectivity index (χ3v) is 10.0. The summed E-state index contributed by atoms with van der Waals surface area (Å²) in [6, 6.07) is 3.41. The van der Waals surface area contributed by atoms with Crippen LogP contribution in [-0.2, 0) is 25.4 Å². The number of aliphatic hydroxyl groups excluding tert-OH is 2. The van der Waals surface area contributed by atoms with E-state index >= 15 is 0 Å². The lowest BCUT2D eigenvalue weighted by molar-refractivity contribution is -0.249. The summed E-state index contributed by atoms with van der Waals surface area (Å²) in [4.78, 5) is 53.4. The highest BCUT2D eigenvalue weighted by Crippen LogP contribution is 2.52. The minimum Gasteiger partial charge on any atom is -0.507 e. The van der Waals surface area contributed by atoms with Gasteiger partial charge in [-0.2, -0.15) is 0 Å². The Hall–Kier alpha value is -4.34. The topological polar surface area (TPSA) is 218 Å². The highest BCUT2D eigenvalue weighted by Gasteiger charge is 2.50. The number of phenols is 2. The van der Waals surface area contributed by atoms with Crippen molar-refractivity contribution in [1.29, 1.82) is 0 Å². The number of benzene rings is 2. The molecule has 4 aliphatic rings. The number of fused-ring (bicyclic) bond motifs is 3. The van der Waals surface area contributed by atoms with Gasteiger partial charge in [-0.3, -0.25) is 14.4 Å². The summed E-state index contributed by atoms with van der Waals surface area (Å²) in [6.45, 7) is 0.487. The van der Waals surface area contributed by atoms with Crippen molar-refractivity contribution in [1.82, 2.24) is 5.32 Å². The number of carbonyl (C=O) groups is 4. The fourth-order valence-corrected chi connectivity index (χ4v) is 7.41. The predicted octanol–water partition coefficient (Wildman–Crippen LogP) is 2.66. The molecule has 1 saturated heterocycles. The summed E-state index contributed by atoms with van der Waals surface area (Å²) < 4.78 is 23.0. The third-order valence-electron chi connectivity index (χ3n) is 10.0. The molecule has 14 nitrogen and oxygen atoms in total. The minimum absolute atomic E-state index is 0.0737. The monoisotopic (exact) mass is 695 g/mol. The molecule has 1 heterocycles. The van der Waals surface area contributed by atoms with Crippen LogP contribution < -0.4 is 10.1 Å². The van der Waals surface area contributed by atoms with Gasteiger partial charge in [-0.05, 0) is 44.7 Å². The average molecular weight is 696 g/mol. The van der Waals surface area contributed by atoms with Crippen molar-refractivity contribution < 1.29 is 63.7 Å². The number of ketones is 3. The van der Waals surface area contributed by atoms with Crippen LogP contribution >= 0.6 is 0 Å². The lowest BCUT2D eigenvalue weighted by Crippen LogP contribution is -2.56. The number of allylic oxidation sites excluding steroid dienone is 1. The van der Waals surface area contributed by atoms with Crippen molar-refractivity contribution in [3.63, 3.8) is 0 Å². The van der Waals surface area contributed by atoms with Gasteiger partial charge >= 0.3 is 6.09 Å². The Balaban J connectivity index is 1.33. The van der Waals surface area contributed by atoms with E-state index in [1.165, 1.54) is 25.3 Å². The van der Waals surface area contributed by atoms with E-state index in [2.05, 4.69) is 5.32 Å². The number of carbonyl (C=O) groups excluding carboxylic acids is 4. The molecule has 2 aromatic rings. The van der Waals surface area contributed by atoms with Crippen molar-refractivity contribution in [2.75, 3.05) is 13.7 Å². The van der Waals surface area contributed by atoms with E-state index in [-0.39, 0.29) is 34.4 Å². The van der Waals surface area contributed by atoms with Gasteiger partial charge in [0, 0.05) is 36.0 Å². The molecular formula is C36H41NO13. The fourth-order valence-electron chi connectivity index (χ4n) is 7.41. The number of hydrogen-bond donors (Lipinski definition) is 6. The predicted molar refractivity (Wildman–Crippen MR) is 173 cm³/mol. The summed E-state index contributed by atoms with van der Waals surface area (Å²) in [7, 11) is 1.31. The van der Waals surface area contributed by atoms with Crippen LogP contribution in [0.15, 0.2) is 30.4 Å². The van der Waals surface area contributed by atoms with E-state index in [1.54, 1.807) is 6.92 Å². The van der Waals surface area contributed by atoms with Crippen LogP contribution in [0.3, 0.4) is 0 Å². The molecule has 14 heteroatoms. The first-order valence-electron chi connectivity index (χ1n) is 16.7. The zero-order valence-corrected chi connectivity index (χ0v) is 27.7. The van der Waals surface area contributed by atoms with Crippen LogP contribution in [0.25, 0.3) is 0 Å². The van der Waals surface area contributed by atoms with Gasteiger partial charge < -0.3 is 49.8 Å². The molecule has 0 saturated carbocycles. The third kappa shape index (κ3) is 6.37. The van der Waals surface area contributed by atoms with Crippen LogP contribution in [-0.4, -0.2) is 98.9 Å². The van der Waals surface area contributed by atoms with Gasteiger partial charge in [0.25, 0.3) is 0 Å². The highest BCUT2D eigenvalue weighted by molar-refractivity contribution is 6.31. The number of ether oxygens (including phenoxy) is 4. The van der Waals surface area contributed by atoms with Gasteiger partial charge in [0.1, 0.15) is 41.7 Å². The molecule has 0 spiro atoms. The summed E-state index contributed by atoms with van der Waals surface area (Å²) >= 11 is 0. The second-order valence-electron chi connectivity index (χ2n) is 13.3. The van der Waals surface area contributed by atoms with Crippen LogP contribution in [0.4, 0.5) is 4.79 Å². The average Bonchev–Trinajstić information content (AvgIpc) is 3.07. The number of nitrogens with one attached hydrogen (secondary N) is 1. The number of hydrogen-bond acceptors (Lipinski definition) is 13. The number of methoxy groups -OCH3 is 1. The SMILES string of the molecule is COc1cccc2c1C(=O)c1c(O)c3c(c(O)c1C2=O)C[C@@](O)(C(=O)CO)C[C@@H]3OC1C[C@H](NC(=O)OC2C=CCCCCC2)[C@H](O)[C@H](C)O1. The largest absolute Gasteiger partial charge is 0.507 e. The summed E-state index contributed by atoms with van der Waals surface area (Å²) in [5, 5.41) is 58.1. The molecule has 1 aliphatic heterocycles. The number of rotatable bonds is 7. The number of alkyl carbamates (subject to hydrolysis) is 1. The lowest BCUT2D eigenvalue weighted by Gasteiger charge is -2.42. The maximum atomic E-state index is 13.9. The number of aliphatic hydroxyl groups is 3. The van der Waals surface area contributed by atoms with Crippen LogP contribution in [0, 0.1) is 0 Å². The van der Waals surface area contributed by atoms with Crippen molar-refractivity contribution in [2.45, 2.75) is 101 Å². The van der Waals surface area contributed by atoms with Gasteiger partial charge in [-0.1, -0.05) is 24.6 Å². The molecular weight excluding hydrogens is 654 g/mol. The van der Waals surface area contributed by atoms with Crippen molar-refractivity contribution >= 4 is 23.4 Å². The zero-order chi connectivity index (χ0) is 35.9. The summed E-state index contributed by atoms with van der Waals surface area (Å²) in [6.07, 6.45) is 1.13.